The van der Waals surface area contributed by atoms with Crippen molar-refractivity contribution in [3.8, 4) is 5.75 Å². The monoisotopic (exact) mass is 275 g/mol. The Hall–Kier alpha value is -1.02. The molecule has 0 heterocycles. The lowest BCUT2D eigenvalue weighted by atomic mass is 9.84. The average Bonchev–Trinajstić information content (AvgIpc) is 2.48. The minimum absolute atomic E-state index is 0.506. The summed E-state index contributed by atoms with van der Waals surface area (Å²) in [5.74, 6) is 1.94. The Balaban J connectivity index is 1.87. The smallest absolute Gasteiger partial charge is 0.122 e. The predicted octanol–water partition coefficient (Wildman–Crippen LogP) is 4.18. The lowest BCUT2D eigenvalue weighted by molar-refractivity contribution is 0.264. The summed E-state index contributed by atoms with van der Waals surface area (Å²) in [6.07, 6.45) is 7.88. The van der Waals surface area contributed by atoms with Crippen molar-refractivity contribution in [2.24, 2.45) is 5.92 Å². The summed E-state index contributed by atoms with van der Waals surface area (Å²) in [7, 11) is 1.75. The Kier molecular flexibility index (Phi) is 5.90. The van der Waals surface area contributed by atoms with Crippen LogP contribution < -0.4 is 10.1 Å². The van der Waals surface area contributed by atoms with E-state index in [4.69, 9.17) is 4.74 Å². The van der Waals surface area contributed by atoms with E-state index >= 15 is 0 Å². The highest BCUT2D eigenvalue weighted by Crippen LogP contribution is 2.27. The molecule has 1 aliphatic carbocycles. The maximum Gasteiger partial charge on any atom is 0.122 e. The van der Waals surface area contributed by atoms with Gasteiger partial charge in [-0.2, -0.15) is 0 Å². The van der Waals surface area contributed by atoms with Crippen LogP contribution in [0.3, 0.4) is 0 Å². The van der Waals surface area contributed by atoms with Crippen LogP contribution in [0.4, 0.5) is 0 Å². The van der Waals surface area contributed by atoms with Crippen molar-refractivity contribution in [3.05, 3.63) is 29.8 Å². The molecule has 1 saturated carbocycles. The number of methoxy groups -OCH3 is 1. The zero-order valence-electron chi connectivity index (χ0n) is 13.2. The second-order valence-corrected chi connectivity index (χ2v) is 6.22. The fourth-order valence-electron chi connectivity index (χ4n) is 3.48. The number of benzene rings is 1. The third kappa shape index (κ3) is 4.24. The lowest BCUT2D eigenvalue weighted by Gasteiger charge is -2.31. The molecule has 1 aliphatic rings. The molecule has 2 nitrogen and oxygen atoms in total. The van der Waals surface area contributed by atoms with Gasteiger partial charge in [0.1, 0.15) is 5.75 Å². The molecule has 3 unspecified atom stereocenters. The molecule has 0 radical (unpaired) electrons. The second-order valence-electron chi connectivity index (χ2n) is 6.22. The van der Waals surface area contributed by atoms with Crippen molar-refractivity contribution in [2.45, 2.75) is 64.5 Å². The zero-order chi connectivity index (χ0) is 14.4. The Bertz CT molecular complexity index is 404. The van der Waals surface area contributed by atoms with Gasteiger partial charge >= 0.3 is 0 Å². The lowest BCUT2D eigenvalue weighted by Crippen LogP contribution is -2.40. The van der Waals surface area contributed by atoms with Gasteiger partial charge in [-0.1, -0.05) is 44.4 Å². The van der Waals surface area contributed by atoms with Gasteiger partial charge in [0.15, 0.2) is 0 Å². The van der Waals surface area contributed by atoms with E-state index in [-0.39, 0.29) is 0 Å². The number of nitrogens with one attached hydrogen (secondary N) is 1. The van der Waals surface area contributed by atoms with Gasteiger partial charge in [0.2, 0.25) is 0 Å². The fraction of sp³-hybridized carbons (Fsp3) is 0.667. The molecule has 0 aromatic heterocycles. The van der Waals surface area contributed by atoms with Gasteiger partial charge in [0.05, 0.1) is 7.11 Å². The van der Waals surface area contributed by atoms with Gasteiger partial charge in [-0.3, -0.25) is 0 Å². The molecule has 0 bridgehead atoms. The Morgan fingerprint density at radius 1 is 1.30 bits per heavy atom. The summed E-state index contributed by atoms with van der Waals surface area (Å²) < 4.78 is 5.44. The highest BCUT2D eigenvalue weighted by Gasteiger charge is 2.22. The van der Waals surface area contributed by atoms with E-state index in [1.54, 1.807) is 7.11 Å². The SMILES string of the molecule is CCC1CCCC(NC(C)Cc2ccccc2OC)C1. The first-order valence-corrected chi connectivity index (χ1v) is 8.10. The quantitative estimate of drug-likeness (QED) is 0.840. The first-order valence-electron chi connectivity index (χ1n) is 8.10. The first kappa shape index (κ1) is 15.4. The molecule has 0 amide bonds. The van der Waals surface area contributed by atoms with Crippen LogP contribution in [-0.4, -0.2) is 19.2 Å². The molecule has 1 fully saturated rings. The summed E-state index contributed by atoms with van der Waals surface area (Å²) in [6, 6.07) is 9.57. The molecule has 2 heteroatoms. The highest BCUT2D eigenvalue weighted by atomic mass is 16.5. The van der Waals surface area contributed by atoms with Crippen LogP contribution in [0.25, 0.3) is 0 Å². The van der Waals surface area contributed by atoms with E-state index in [0.29, 0.717) is 12.1 Å². The zero-order valence-corrected chi connectivity index (χ0v) is 13.2. The third-order valence-corrected chi connectivity index (χ3v) is 4.60. The van der Waals surface area contributed by atoms with Crippen LogP contribution in [0.1, 0.15) is 51.5 Å². The van der Waals surface area contributed by atoms with Gasteiger partial charge in [0.25, 0.3) is 0 Å². The Labute approximate surface area is 123 Å². The normalized spacial score (nSPS) is 24.4. The molecule has 1 aromatic carbocycles. The van der Waals surface area contributed by atoms with Crippen molar-refractivity contribution in [3.63, 3.8) is 0 Å². The number of para-hydroxylation sites is 1. The van der Waals surface area contributed by atoms with E-state index in [1.165, 1.54) is 37.7 Å². The Morgan fingerprint density at radius 3 is 2.85 bits per heavy atom. The van der Waals surface area contributed by atoms with Gasteiger partial charge in [0, 0.05) is 12.1 Å². The minimum Gasteiger partial charge on any atom is -0.496 e. The molecule has 0 spiro atoms. The maximum absolute atomic E-state index is 5.44. The van der Waals surface area contributed by atoms with Crippen molar-refractivity contribution in [1.29, 1.82) is 0 Å². The standard InChI is InChI=1S/C18H29NO/c1-4-15-8-7-10-17(13-15)19-14(2)12-16-9-5-6-11-18(16)20-3/h5-6,9,11,14-15,17,19H,4,7-8,10,12-13H2,1-3H3. The van der Waals surface area contributed by atoms with Crippen molar-refractivity contribution < 1.29 is 4.74 Å². The van der Waals surface area contributed by atoms with Gasteiger partial charge in [-0.05, 0) is 43.7 Å². The average molecular weight is 275 g/mol. The van der Waals surface area contributed by atoms with E-state index in [9.17, 15) is 0 Å². The van der Waals surface area contributed by atoms with Gasteiger partial charge in [-0.25, -0.2) is 0 Å². The van der Waals surface area contributed by atoms with Crippen LogP contribution >= 0.6 is 0 Å². The van der Waals surface area contributed by atoms with Gasteiger partial charge < -0.3 is 10.1 Å². The number of ether oxygens (including phenoxy) is 1. The number of rotatable bonds is 6. The summed E-state index contributed by atoms with van der Waals surface area (Å²) in [4.78, 5) is 0. The number of hydrogen-bond donors (Lipinski definition) is 1. The predicted molar refractivity (Wildman–Crippen MR) is 85.3 cm³/mol. The van der Waals surface area contributed by atoms with Crippen molar-refractivity contribution in [1.82, 2.24) is 5.32 Å². The second kappa shape index (κ2) is 7.68. The largest absolute Gasteiger partial charge is 0.496 e. The van der Waals surface area contributed by atoms with Crippen LogP contribution in [0.15, 0.2) is 24.3 Å². The van der Waals surface area contributed by atoms with Gasteiger partial charge in [-0.15, -0.1) is 0 Å². The molecule has 0 aliphatic heterocycles. The van der Waals surface area contributed by atoms with Crippen LogP contribution in [0, 0.1) is 5.92 Å². The molecule has 3 atom stereocenters. The minimum atomic E-state index is 0.506. The first-order chi connectivity index (χ1) is 9.72. The molecular weight excluding hydrogens is 246 g/mol. The van der Waals surface area contributed by atoms with E-state index in [0.717, 1.165) is 18.1 Å². The van der Waals surface area contributed by atoms with Crippen molar-refractivity contribution in [2.75, 3.05) is 7.11 Å². The highest BCUT2D eigenvalue weighted by molar-refractivity contribution is 5.33. The Morgan fingerprint density at radius 2 is 2.10 bits per heavy atom. The van der Waals surface area contributed by atoms with Crippen LogP contribution in [0.2, 0.25) is 0 Å². The van der Waals surface area contributed by atoms with Crippen LogP contribution in [-0.2, 0) is 6.42 Å². The van der Waals surface area contributed by atoms with E-state index in [1.807, 2.05) is 6.07 Å². The summed E-state index contributed by atoms with van der Waals surface area (Å²) >= 11 is 0. The van der Waals surface area contributed by atoms with Crippen LogP contribution in [0.5, 0.6) is 5.75 Å². The summed E-state index contributed by atoms with van der Waals surface area (Å²) in [5, 5.41) is 3.83. The molecule has 112 valence electrons. The molecule has 2 rings (SSSR count). The molecule has 20 heavy (non-hydrogen) atoms. The topological polar surface area (TPSA) is 21.3 Å². The summed E-state index contributed by atoms with van der Waals surface area (Å²) in [6.45, 7) is 4.62. The van der Waals surface area contributed by atoms with E-state index < -0.39 is 0 Å². The third-order valence-electron chi connectivity index (χ3n) is 4.60. The maximum atomic E-state index is 5.44. The van der Waals surface area contributed by atoms with Crippen molar-refractivity contribution >= 4 is 0 Å². The molecule has 1 N–H and O–H groups in total. The van der Waals surface area contributed by atoms with E-state index in [2.05, 4.69) is 37.4 Å². The molecular formula is C18H29NO. The summed E-state index contributed by atoms with van der Waals surface area (Å²) in [5.41, 5.74) is 1.30. The fourth-order valence-corrected chi connectivity index (χ4v) is 3.48. The number of hydrogen-bond acceptors (Lipinski definition) is 2. The molecule has 1 aromatic rings. The molecule has 0 saturated heterocycles.